The molecule has 8 heteroatoms. The molecule has 4 rings (SSSR count). The molecule has 3 heterocycles. The zero-order valence-corrected chi connectivity index (χ0v) is 15.3. The summed E-state index contributed by atoms with van der Waals surface area (Å²) in [5.74, 6) is 6.09. The molecule has 0 radical (unpaired) electrons. The number of aromatic nitrogens is 1. The molecule has 2 atom stereocenters. The van der Waals surface area contributed by atoms with Crippen LogP contribution in [-0.2, 0) is 9.53 Å². The number of hydrogen-bond donors (Lipinski definition) is 3. The number of hydrogen-bond acceptors (Lipinski definition) is 7. The quantitative estimate of drug-likeness (QED) is 0.527. The predicted molar refractivity (Wildman–Crippen MR) is 104 cm³/mol. The number of nitrogens with two attached hydrogens (primary N) is 2. The van der Waals surface area contributed by atoms with E-state index in [1.165, 1.54) is 5.01 Å². The lowest BCUT2D eigenvalue weighted by molar-refractivity contribution is -0.118. The number of nitrogens with zero attached hydrogens (tertiary/aromatic N) is 3. The maximum atomic E-state index is 12.4. The van der Waals surface area contributed by atoms with Crippen molar-refractivity contribution < 1.29 is 9.53 Å². The Morgan fingerprint density at radius 3 is 3.00 bits per heavy atom. The number of morpholine rings is 1. The van der Waals surface area contributed by atoms with Crippen molar-refractivity contribution in [1.29, 1.82) is 0 Å². The molecule has 27 heavy (non-hydrogen) atoms. The molecule has 0 saturated carbocycles. The van der Waals surface area contributed by atoms with Gasteiger partial charge in [-0.15, -0.1) is 0 Å². The van der Waals surface area contributed by atoms with Gasteiger partial charge in [-0.1, -0.05) is 12.1 Å². The second-order valence-corrected chi connectivity index (χ2v) is 7.20. The van der Waals surface area contributed by atoms with E-state index in [0.717, 1.165) is 35.9 Å². The highest BCUT2D eigenvalue weighted by molar-refractivity contribution is 5.94. The standard InChI is InChI=1S/C19H24N6O2/c1-24(21)9-17(20)12-2-3-13-7-22-18(5-14(13)4-12)23-19(26)10-25-8-16-6-15(25)11-27-16/h2-5,7,9,15-16H,6,8,10-11,20-21H2,1H3,(H,22,23,26)/b17-9-/t15-,16-/m1/s1. The van der Waals surface area contributed by atoms with Crippen LogP contribution in [0.4, 0.5) is 5.82 Å². The Morgan fingerprint density at radius 1 is 1.44 bits per heavy atom. The van der Waals surface area contributed by atoms with E-state index in [1.807, 2.05) is 24.3 Å². The fraction of sp³-hybridized carbons (Fsp3) is 0.368. The van der Waals surface area contributed by atoms with Gasteiger partial charge < -0.3 is 20.8 Å². The minimum atomic E-state index is -0.0604. The van der Waals surface area contributed by atoms with Crippen molar-refractivity contribution in [2.45, 2.75) is 18.6 Å². The number of carbonyl (C=O) groups is 1. The summed E-state index contributed by atoms with van der Waals surface area (Å²) in [6.45, 7) is 1.92. The average molecular weight is 368 g/mol. The maximum absolute atomic E-state index is 12.4. The van der Waals surface area contributed by atoms with Crippen LogP contribution in [0.3, 0.4) is 0 Å². The van der Waals surface area contributed by atoms with Gasteiger partial charge >= 0.3 is 0 Å². The Balaban J connectivity index is 1.47. The highest BCUT2D eigenvalue weighted by Crippen LogP contribution is 2.27. The van der Waals surface area contributed by atoms with E-state index in [-0.39, 0.29) is 12.0 Å². The molecule has 5 N–H and O–H groups in total. The monoisotopic (exact) mass is 368 g/mol. The van der Waals surface area contributed by atoms with Crippen molar-refractivity contribution >= 4 is 28.2 Å². The highest BCUT2D eigenvalue weighted by Gasteiger charge is 2.39. The number of carbonyl (C=O) groups excluding carboxylic acids is 1. The minimum absolute atomic E-state index is 0.0604. The van der Waals surface area contributed by atoms with Crippen LogP contribution in [0.2, 0.25) is 0 Å². The summed E-state index contributed by atoms with van der Waals surface area (Å²) in [7, 11) is 1.71. The maximum Gasteiger partial charge on any atom is 0.239 e. The van der Waals surface area contributed by atoms with Crippen LogP contribution in [0.1, 0.15) is 12.0 Å². The van der Waals surface area contributed by atoms with E-state index in [1.54, 1.807) is 19.4 Å². The summed E-state index contributed by atoms with van der Waals surface area (Å²) in [5.41, 5.74) is 7.49. The number of nitrogens with one attached hydrogen (secondary N) is 1. The van der Waals surface area contributed by atoms with Gasteiger partial charge in [0.2, 0.25) is 5.91 Å². The molecule has 1 aromatic carbocycles. The van der Waals surface area contributed by atoms with E-state index in [9.17, 15) is 4.79 Å². The number of pyridine rings is 1. The van der Waals surface area contributed by atoms with Gasteiger partial charge in [-0.2, -0.15) is 0 Å². The Bertz CT molecular complexity index is 897. The predicted octanol–water partition coefficient (Wildman–Crippen LogP) is 0.709. The Labute approximate surface area is 157 Å². The van der Waals surface area contributed by atoms with Gasteiger partial charge in [0.1, 0.15) is 5.82 Å². The number of anilines is 1. The molecule has 0 spiro atoms. The number of hydrazine groups is 1. The molecule has 2 aliphatic rings. The molecule has 2 bridgehead atoms. The molecular formula is C19H24N6O2. The van der Waals surface area contributed by atoms with Crippen molar-refractivity contribution in [1.82, 2.24) is 14.9 Å². The number of fused-ring (bicyclic) bond motifs is 3. The first-order valence-electron chi connectivity index (χ1n) is 8.98. The highest BCUT2D eigenvalue weighted by atomic mass is 16.5. The van der Waals surface area contributed by atoms with Crippen LogP contribution in [0.15, 0.2) is 36.7 Å². The smallest absolute Gasteiger partial charge is 0.239 e. The number of likely N-dealkylation sites (tertiary alicyclic amines) is 1. The molecule has 142 valence electrons. The van der Waals surface area contributed by atoms with Crippen LogP contribution in [0, 0.1) is 0 Å². The third-order valence-corrected chi connectivity index (χ3v) is 5.03. The first-order valence-corrected chi connectivity index (χ1v) is 8.98. The molecule has 8 nitrogen and oxygen atoms in total. The van der Waals surface area contributed by atoms with Gasteiger partial charge in [-0.25, -0.2) is 10.8 Å². The zero-order chi connectivity index (χ0) is 19.0. The molecule has 1 amide bonds. The number of amides is 1. The van der Waals surface area contributed by atoms with Gasteiger partial charge in [0.25, 0.3) is 0 Å². The zero-order valence-electron chi connectivity index (χ0n) is 15.3. The minimum Gasteiger partial charge on any atom is -0.397 e. The van der Waals surface area contributed by atoms with E-state index < -0.39 is 0 Å². The van der Waals surface area contributed by atoms with Crippen molar-refractivity contribution in [3.8, 4) is 0 Å². The van der Waals surface area contributed by atoms with Gasteiger partial charge in [-0.05, 0) is 29.5 Å². The van der Waals surface area contributed by atoms with Crippen molar-refractivity contribution in [3.63, 3.8) is 0 Å². The summed E-state index contributed by atoms with van der Waals surface area (Å²) in [5, 5.41) is 6.22. The van der Waals surface area contributed by atoms with Gasteiger partial charge in [0.15, 0.2) is 0 Å². The summed E-state index contributed by atoms with van der Waals surface area (Å²) < 4.78 is 5.57. The van der Waals surface area contributed by atoms with Crippen molar-refractivity contribution in [2.75, 3.05) is 32.1 Å². The molecule has 2 aliphatic heterocycles. The van der Waals surface area contributed by atoms with E-state index in [2.05, 4.69) is 15.2 Å². The number of benzene rings is 1. The lowest BCUT2D eigenvalue weighted by Gasteiger charge is -2.25. The topological polar surface area (TPSA) is 110 Å². The van der Waals surface area contributed by atoms with Crippen LogP contribution in [-0.4, -0.2) is 59.7 Å². The summed E-state index contributed by atoms with van der Waals surface area (Å²) >= 11 is 0. The summed E-state index contributed by atoms with van der Waals surface area (Å²) in [4.78, 5) is 18.9. The van der Waals surface area contributed by atoms with E-state index in [4.69, 9.17) is 16.3 Å². The normalized spacial score (nSPS) is 22.4. The molecular weight excluding hydrogens is 344 g/mol. The lowest BCUT2D eigenvalue weighted by atomic mass is 10.1. The molecule has 2 fully saturated rings. The third kappa shape index (κ3) is 3.87. The average Bonchev–Trinajstić information content (AvgIpc) is 3.23. The first-order chi connectivity index (χ1) is 13.0. The second-order valence-electron chi connectivity index (χ2n) is 7.20. The van der Waals surface area contributed by atoms with Crippen LogP contribution < -0.4 is 16.9 Å². The number of ether oxygens (including phenoxy) is 1. The third-order valence-electron chi connectivity index (χ3n) is 5.03. The molecule has 1 aromatic heterocycles. The lowest BCUT2D eigenvalue weighted by Crippen LogP contribution is -2.41. The molecule has 0 aliphatic carbocycles. The SMILES string of the molecule is CN(N)/C=C(\N)c1ccc2cnc(NC(=O)CN3C[C@H]4C[C@@H]3CO4)cc2c1. The van der Waals surface area contributed by atoms with Gasteiger partial charge in [0, 0.05) is 37.4 Å². The van der Waals surface area contributed by atoms with Crippen LogP contribution in [0.5, 0.6) is 0 Å². The first kappa shape index (κ1) is 17.7. The fourth-order valence-electron chi connectivity index (χ4n) is 3.72. The van der Waals surface area contributed by atoms with E-state index >= 15 is 0 Å². The Morgan fingerprint density at radius 2 is 2.30 bits per heavy atom. The molecule has 0 unspecified atom stereocenters. The van der Waals surface area contributed by atoms with Crippen LogP contribution >= 0.6 is 0 Å². The van der Waals surface area contributed by atoms with Crippen molar-refractivity contribution in [2.24, 2.45) is 11.6 Å². The second kappa shape index (κ2) is 7.15. The Hall–Kier alpha value is -2.68. The molecule has 2 aromatic rings. The summed E-state index contributed by atoms with van der Waals surface area (Å²) in [6.07, 6.45) is 4.71. The van der Waals surface area contributed by atoms with E-state index in [0.29, 0.717) is 24.1 Å². The van der Waals surface area contributed by atoms with Crippen LogP contribution in [0.25, 0.3) is 16.5 Å². The van der Waals surface area contributed by atoms with Gasteiger partial charge in [-0.3, -0.25) is 9.69 Å². The number of rotatable bonds is 5. The largest absolute Gasteiger partial charge is 0.397 e. The van der Waals surface area contributed by atoms with Gasteiger partial charge in [0.05, 0.1) is 25.0 Å². The molecule has 2 saturated heterocycles. The fourth-order valence-corrected chi connectivity index (χ4v) is 3.72. The van der Waals surface area contributed by atoms with Crippen molar-refractivity contribution in [3.05, 3.63) is 42.2 Å². The summed E-state index contributed by atoms with van der Waals surface area (Å²) in [6, 6.07) is 8.04. The Kier molecular flexibility index (Phi) is 4.69.